The number of anilines is 2. The molecule has 0 fully saturated rings. The molecule has 0 amide bonds. The molecular formula is C16H11ClFN3O2. The fraction of sp³-hybridized carbons (Fsp3) is 0.0625. The number of nitro groups is 1. The lowest BCUT2D eigenvalue weighted by Gasteiger charge is -2.10. The third-order valence-corrected chi connectivity index (χ3v) is 3.77. The zero-order valence-corrected chi connectivity index (χ0v) is 12.8. The van der Waals surface area contributed by atoms with Crippen LogP contribution in [0.4, 0.5) is 21.6 Å². The first-order valence-corrected chi connectivity index (χ1v) is 7.10. The van der Waals surface area contributed by atoms with Gasteiger partial charge in [0.1, 0.15) is 11.6 Å². The molecule has 0 saturated heterocycles. The predicted octanol–water partition coefficient (Wildman–Crippen LogP) is 4.99. The van der Waals surface area contributed by atoms with Crippen LogP contribution in [0.5, 0.6) is 0 Å². The quantitative estimate of drug-likeness (QED) is 0.542. The van der Waals surface area contributed by atoms with Crippen molar-refractivity contribution in [2.75, 3.05) is 5.32 Å². The van der Waals surface area contributed by atoms with Crippen molar-refractivity contribution in [3.05, 3.63) is 69.1 Å². The van der Waals surface area contributed by atoms with Crippen LogP contribution in [0.15, 0.2) is 42.6 Å². The fourth-order valence-corrected chi connectivity index (χ4v) is 2.58. The summed E-state index contributed by atoms with van der Waals surface area (Å²) in [6.45, 7) is 1.69. The first kappa shape index (κ1) is 15.2. The van der Waals surface area contributed by atoms with Crippen molar-refractivity contribution < 1.29 is 9.31 Å². The number of fused-ring (bicyclic) bond motifs is 1. The minimum atomic E-state index is -0.519. The van der Waals surface area contributed by atoms with Gasteiger partial charge in [-0.3, -0.25) is 10.1 Å². The van der Waals surface area contributed by atoms with Gasteiger partial charge in [-0.05, 0) is 37.3 Å². The van der Waals surface area contributed by atoms with Crippen molar-refractivity contribution in [2.45, 2.75) is 6.92 Å². The molecule has 1 aromatic heterocycles. The Morgan fingerprint density at radius 3 is 2.70 bits per heavy atom. The van der Waals surface area contributed by atoms with Crippen LogP contribution in [-0.4, -0.2) is 9.91 Å². The molecule has 0 bridgehead atoms. The Hall–Kier alpha value is -2.73. The van der Waals surface area contributed by atoms with E-state index in [1.54, 1.807) is 25.1 Å². The summed E-state index contributed by atoms with van der Waals surface area (Å²) < 4.78 is 13.2. The maximum Gasteiger partial charge on any atom is 0.280 e. The number of nitrogens with zero attached hydrogens (tertiary/aromatic N) is 2. The van der Waals surface area contributed by atoms with Crippen LogP contribution in [-0.2, 0) is 0 Å². The Morgan fingerprint density at radius 2 is 2.00 bits per heavy atom. The van der Waals surface area contributed by atoms with Gasteiger partial charge in [0, 0.05) is 22.8 Å². The number of aromatic nitrogens is 1. The van der Waals surface area contributed by atoms with Crippen molar-refractivity contribution in [1.29, 1.82) is 0 Å². The molecule has 116 valence electrons. The molecule has 2 aromatic carbocycles. The normalized spacial score (nSPS) is 10.7. The van der Waals surface area contributed by atoms with E-state index >= 15 is 0 Å². The van der Waals surface area contributed by atoms with Gasteiger partial charge in [0.2, 0.25) is 0 Å². The van der Waals surface area contributed by atoms with E-state index in [0.29, 0.717) is 27.8 Å². The maximum absolute atomic E-state index is 13.2. The van der Waals surface area contributed by atoms with E-state index in [4.69, 9.17) is 11.6 Å². The molecule has 0 unspecified atom stereocenters. The average Bonchev–Trinajstić information content (AvgIpc) is 2.50. The van der Waals surface area contributed by atoms with Crippen molar-refractivity contribution >= 4 is 39.6 Å². The summed E-state index contributed by atoms with van der Waals surface area (Å²) in [7, 11) is 0. The molecule has 0 saturated carbocycles. The van der Waals surface area contributed by atoms with Crippen LogP contribution in [0.2, 0.25) is 5.02 Å². The molecule has 1 heterocycles. The van der Waals surface area contributed by atoms with Crippen molar-refractivity contribution in [1.82, 2.24) is 4.98 Å². The number of rotatable bonds is 3. The lowest BCUT2D eigenvalue weighted by Crippen LogP contribution is -1.98. The molecule has 5 nitrogen and oxygen atoms in total. The third kappa shape index (κ3) is 2.80. The highest BCUT2D eigenvalue weighted by Gasteiger charge is 2.17. The summed E-state index contributed by atoms with van der Waals surface area (Å²) in [5.41, 5.74) is 1.16. The molecule has 23 heavy (non-hydrogen) atoms. The first-order valence-electron chi connectivity index (χ1n) is 6.72. The number of nitrogens with one attached hydrogen (secondary N) is 1. The molecular weight excluding hydrogens is 321 g/mol. The summed E-state index contributed by atoms with van der Waals surface area (Å²) in [5.74, 6) is -0.0809. The van der Waals surface area contributed by atoms with Crippen molar-refractivity contribution in [3.63, 3.8) is 0 Å². The predicted molar refractivity (Wildman–Crippen MR) is 87.8 cm³/mol. The minimum absolute atomic E-state index is 0.0166. The highest BCUT2D eigenvalue weighted by Crippen LogP contribution is 2.33. The topological polar surface area (TPSA) is 68.1 Å². The molecule has 0 spiro atoms. The smallest absolute Gasteiger partial charge is 0.280 e. The fourth-order valence-electron chi connectivity index (χ4n) is 2.40. The number of nitro benzene ring substituents is 1. The van der Waals surface area contributed by atoms with Crippen LogP contribution in [0.25, 0.3) is 10.8 Å². The molecule has 0 atom stereocenters. The standard InChI is InChI=1S/C16H11ClFN3O2/c1-9-2-4-12-11(15(9)21(22)23)6-7-19-16(12)20-10-3-5-14(18)13(17)8-10/h2-8H,1H3,(H,19,20). The van der Waals surface area contributed by atoms with Gasteiger partial charge in [-0.25, -0.2) is 9.37 Å². The Bertz CT molecular complexity index is 931. The molecule has 1 N–H and O–H groups in total. The first-order chi connectivity index (χ1) is 11.0. The molecule has 0 aliphatic carbocycles. The monoisotopic (exact) mass is 331 g/mol. The number of benzene rings is 2. The van der Waals surface area contributed by atoms with Crippen molar-refractivity contribution in [3.8, 4) is 0 Å². The highest BCUT2D eigenvalue weighted by molar-refractivity contribution is 6.31. The largest absolute Gasteiger partial charge is 0.340 e. The van der Waals surface area contributed by atoms with Crippen LogP contribution in [0, 0.1) is 22.9 Å². The van der Waals surface area contributed by atoms with Gasteiger partial charge in [0.25, 0.3) is 5.69 Å². The third-order valence-electron chi connectivity index (χ3n) is 3.48. The molecule has 0 radical (unpaired) electrons. The van der Waals surface area contributed by atoms with Gasteiger partial charge >= 0.3 is 0 Å². The Balaban J connectivity index is 2.13. The zero-order valence-electron chi connectivity index (χ0n) is 12.0. The van der Waals surface area contributed by atoms with Gasteiger partial charge in [-0.2, -0.15) is 0 Å². The molecule has 7 heteroatoms. The second-order valence-electron chi connectivity index (χ2n) is 5.00. The average molecular weight is 332 g/mol. The van der Waals surface area contributed by atoms with E-state index in [-0.39, 0.29) is 10.7 Å². The van der Waals surface area contributed by atoms with Crippen LogP contribution < -0.4 is 5.32 Å². The van der Waals surface area contributed by atoms with Gasteiger partial charge in [-0.1, -0.05) is 17.7 Å². The van der Waals surface area contributed by atoms with Gasteiger partial charge < -0.3 is 5.32 Å². The minimum Gasteiger partial charge on any atom is -0.340 e. The number of pyridine rings is 1. The van der Waals surface area contributed by atoms with Gasteiger partial charge in [-0.15, -0.1) is 0 Å². The second-order valence-corrected chi connectivity index (χ2v) is 5.40. The Morgan fingerprint density at radius 1 is 1.22 bits per heavy atom. The van der Waals surface area contributed by atoms with E-state index in [0.717, 1.165) is 0 Å². The second kappa shape index (κ2) is 5.81. The number of hydrogen-bond acceptors (Lipinski definition) is 4. The summed E-state index contributed by atoms with van der Waals surface area (Å²) >= 11 is 5.76. The summed E-state index contributed by atoms with van der Waals surface area (Å²) in [5, 5.41) is 15.4. The van der Waals surface area contributed by atoms with E-state index in [2.05, 4.69) is 10.3 Å². The van der Waals surface area contributed by atoms with E-state index in [9.17, 15) is 14.5 Å². The van der Waals surface area contributed by atoms with E-state index in [1.165, 1.54) is 24.4 Å². The summed E-state index contributed by atoms with van der Waals surface area (Å²) in [6.07, 6.45) is 1.49. The zero-order chi connectivity index (χ0) is 16.6. The molecule has 0 aliphatic heterocycles. The van der Waals surface area contributed by atoms with Crippen LogP contribution >= 0.6 is 11.6 Å². The van der Waals surface area contributed by atoms with Crippen molar-refractivity contribution in [2.24, 2.45) is 0 Å². The number of hydrogen-bond donors (Lipinski definition) is 1. The highest BCUT2D eigenvalue weighted by atomic mass is 35.5. The summed E-state index contributed by atoms with van der Waals surface area (Å²) in [4.78, 5) is 15.1. The number of halogens is 2. The Labute approximate surface area is 135 Å². The van der Waals surface area contributed by atoms with E-state index < -0.39 is 10.7 Å². The van der Waals surface area contributed by atoms with Gasteiger partial charge in [0.15, 0.2) is 0 Å². The van der Waals surface area contributed by atoms with Crippen LogP contribution in [0.3, 0.4) is 0 Å². The SMILES string of the molecule is Cc1ccc2c(Nc3ccc(F)c(Cl)c3)nccc2c1[N+](=O)[O-]. The maximum atomic E-state index is 13.2. The van der Waals surface area contributed by atoms with Crippen LogP contribution in [0.1, 0.15) is 5.56 Å². The van der Waals surface area contributed by atoms with E-state index in [1.807, 2.05) is 0 Å². The summed E-state index contributed by atoms with van der Waals surface area (Å²) in [6, 6.07) is 9.22. The van der Waals surface area contributed by atoms with Gasteiger partial charge in [0.05, 0.1) is 15.3 Å². The number of aryl methyl sites for hydroxylation is 1. The molecule has 0 aliphatic rings. The Kier molecular flexibility index (Phi) is 3.83. The molecule has 3 aromatic rings. The molecule has 3 rings (SSSR count). The lowest BCUT2D eigenvalue weighted by atomic mass is 10.1. The lowest BCUT2D eigenvalue weighted by molar-refractivity contribution is -0.383.